The summed E-state index contributed by atoms with van der Waals surface area (Å²) in [4.78, 5) is 11.7. The summed E-state index contributed by atoms with van der Waals surface area (Å²) >= 11 is 5.57. The Hall–Kier alpha value is -2.05. The summed E-state index contributed by atoms with van der Waals surface area (Å²) in [6.07, 6.45) is 0.487. The Morgan fingerprint density at radius 1 is 1.45 bits per heavy atom. The van der Waals surface area contributed by atoms with Crippen LogP contribution in [0.4, 0.5) is 9.18 Å². The molecular formula is C15H16ClFN2O3. The minimum atomic E-state index is -1.03. The largest absolute Gasteiger partial charge is 0.467 e. The van der Waals surface area contributed by atoms with Crippen molar-refractivity contribution in [1.29, 1.82) is 0 Å². The van der Waals surface area contributed by atoms with Gasteiger partial charge in [0.2, 0.25) is 0 Å². The highest BCUT2D eigenvalue weighted by atomic mass is 35.5. The lowest BCUT2D eigenvalue weighted by Crippen LogP contribution is -2.39. The maximum atomic E-state index is 13.3. The third-order valence-electron chi connectivity index (χ3n) is 3.10. The van der Waals surface area contributed by atoms with Crippen LogP contribution in [0.1, 0.15) is 30.4 Å². The molecule has 0 aliphatic rings. The van der Waals surface area contributed by atoms with Gasteiger partial charge in [-0.15, -0.1) is 0 Å². The normalized spacial score (nSPS) is 13.5. The summed E-state index contributed by atoms with van der Waals surface area (Å²) < 4.78 is 18.5. The number of urea groups is 1. The Kier molecular flexibility index (Phi) is 5.41. The van der Waals surface area contributed by atoms with Gasteiger partial charge in [0.25, 0.3) is 0 Å². The van der Waals surface area contributed by atoms with E-state index in [0.717, 1.165) is 6.07 Å². The Labute approximate surface area is 132 Å². The first-order chi connectivity index (χ1) is 10.5. The number of nitrogens with one attached hydrogen (secondary N) is 2. The molecular weight excluding hydrogens is 311 g/mol. The third-order valence-corrected chi connectivity index (χ3v) is 3.41. The first kappa shape index (κ1) is 16.3. The van der Waals surface area contributed by atoms with Crippen molar-refractivity contribution in [3.05, 3.63) is 58.8 Å². The van der Waals surface area contributed by atoms with Crippen LogP contribution in [-0.2, 0) is 0 Å². The topological polar surface area (TPSA) is 74.5 Å². The molecule has 1 aromatic heterocycles. The van der Waals surface area contributed by atoms with Gasteiger partial charge in [0, 0.05) is 6.54 Å². The van der Waals surface area contributed by atoms with E-state index in [-0.39, 0.29) is 17.6 Å². The first-order valence-electron chi connectivity index (χ1n) is 6.68. The van der Waals surface area contributed by atoms with Crippen molar-refractivity contribution in [1.82, 2.24) is 10.6 Å². The molecule has 1 heterocycles. The number of aliphatic hydroxyl groups is 1. The SMILES string of the molecule is C[C@@H](NC(=O)NC[C@@H](O)c1ccc(Cl)c(F)c1)c1ccco1. The molecule has 2 amide bonds. The number of carbonyl (C=O) groups excluding carboxylic acids is 1. The average molecular weight is 327 g/mol. The van der Waals surface area contributed by atoms with E-state index in [9.17, 15) is 14.3 Å². The molecule has 1 aromatic carbocycles. The second kappa shape index (κ2) is 7.29. The Balaban J connectivity index is 1.83. The molecule has 0 bridgehead atoms. The van der Waals surface area contributed by atoms with Crippen LogP contribution < -0.4 is 10.6 Å². The fourth-order valence-corrected chi connectivity index (χ4v) is 2.00. The zero-order valence-electron chi connectivity index (χ0n) is 11.8. The molecule has 118 valence electrons. The molecule has 7 heteroatoms. The molecule has 0 fully saturated rings. The number of hydrogen-bond donors (Lipinski definition) is 3. The number of aliphatic hydroxyl groups excluding tert-OH is 1. The summed E-state index contributed by atoms with van der Waals surface area (Å²) in [5, 5.41) is 15.1. The molecule has 0 radical (unpaired) electrons. The molecule has 2 rings (SSSR count). The van der Waals surface area contributed by atoms with Crippen molar-refractivity contribution in [3.8, 4) is 0 Å². The molecule has 0 unspecified atom stereocenters. The van der Waals surface area contributed by atoms with Crippen LogP contribution in [0.5, 0.6) is 0 Å². The summed E-state index contributed by atoms with van der Waals surface area (Å²) in [7, 11) is 0. The summed E-state index contributed by atoms with van der Waals surface area (Å²) in [5.74, 6) is 0.00424. The van der Waals surface area contributed by atoms with E-state index in [1.165, 1.54) is 18.4 Å². The van der Waals surface area contributed by atoms with Crippen LogP contribution in [0, 0.1) is 5.82 Å². The number of carbonyl (C=O) groups is 1. The smallest absolute Gasteiger partial charge is 0.315 e. The van der Waals surface area contributed by atoms with E-state index in [0.29, 0.717) is 11.3 Å². The summed E-state index contributed by atoms with van der Waals surface area (Å²) in [5.41, 5.74) is 0.335. The maximum Gasteiger partial charge on any atom is 0.315 e. The number of rotatable bonds is 5. The Morgan fingerprint density at radius 3 is 2.86 bits per heavy atom. The number of benzene rings is 1. The zero-order valence-corrected chi connectivity index (χ0v) is 12.6. The van der Waals surface area contributed by atoms with Gasteiger partial charge in [-0.25, -0.2) is 9.18 Å². The van der Waals surface area contributed by atoms with E-state index >= 15 is 0 Å². The maximum absolute atomic E-state index is 13.3. The van der Waals surface area contributed by atoms with Crippen molar-refractivity contribution < 1.29 is 18.7 Å². The minimum absolute atomic E-state index is 0.0195. The van der Waals surface area contributed by atoms with E-state index in [2.05, 4.69) is 10.6 Å². The van der Waals surface area contributed by atoms with Crippen LogP contribution in [0.2, 0.25) is 5.02 Å². The number of amides is 2. The van der Waals surface area contributed by atoms with Crippen LogP contribution in [0.15, 0.2) is 41.0 Å². The van der Waals surface area contributed by atoms with Crippen molar-refractivity contribution in [3.63, 3.8) is 0 Å². The molecule has 0 saturated carbocycles. The van der Waals surface area contributed by atoms with Crippen molar-refractivity contribution >= 4 is 17.6 Å². The lowest BCUT2D eigenvalue weighted by Gasteiger charge is -2.15. The van der Waals surface area contributed by atoms with Gasteiger partial charge >= 0.3 is 6.03 Å². The fraction of sp³-hybridized carbons (Fsp3) is 0.267. The highest BCUT2D eigenvalue weighted by molar-refractivity contribution is 6.30. The van der Waals surface area contributed by atoms with E-state index in [1.807, 2.05) is 0 Å². The second-order valence-electron chi connectivity index (χ2n) is 4.78. The summed E-state index contributed by atoms with van der Waals surface area (Å²) in [6.45, 7) is 1.71. The number of halogens is 2. The van der Waals surface area contributed by atoms with Gasteiger partial charge in [0.1, 0.15) is 11.6 Å². The lowest BCUT2D eigenvalue weighted by atomic mass is 10.1. The van der Waals surface area contributed by atoms with Crippen LogP contribution in [0.25, 0.3) is 0 Å². The first-order valence-corrected chi connectivity index (χ1v) is 7.06. The predicted molar refractivity (Wildman–Crippen MR) is 80.0 cm³/mol. The van der Waals surface area contributed by atoms with E-state index in [1.54, 1.807) is 19.1 Å². The van der Waals surface area contributed by atoms with Gasteiger partial charge in [-0.05, 0) is 36.8 Å². The van der Waals surface area contributed by atoms with Gasteiger partial charge in [0.15, 0.2) is 0 Å². The zero-order chi connectivity index (χ0) is 16.1. The Bertz CT molecular complexity index is 634. The van der Waals surface area contributed by atoms with Gasteiger partial charge < -0.3 is 20.2 Å². The molecule has 22 heavy (non-hydrogen) atoms. The van der Waals surface area contributed by atoms with Gasteiger partial charge in [-0.1, -0.05) is 17.7 Å². The Morgan fingerprint density at radius 2 is 2.23 bits per heavy atom. The van der Waals surface area contributed by atoms with E-state index in [4.69, 9.17) is 16.0 Å². The van der Waals surface area contributed by atoms with Crippen LogP contribution >= 0.6 is 11.6 Å². The lowest BCUT2D eigenvalue weighted by molar-refractivity contribution is 0.172. The fourth-order valence-electron chi connectivity index (χ4n) is 1.88. The number of furan rings is 1. The molecule has 2 aromatic rings. The van der Waals surface area contributed by atoms with Crippen molar-refractivity contribution in [2.45, 2.75) is 19.1 Å². The highest BCUT2D eigenvalue weighted by Gasteiger charge is 2.14. The quantitative estimate of drug-likeness (QED) is 0.790. The molecule has 2 atom stereocenters. The van der Waals surface area contributed by atoms with Crippen molar-refractivity contribution in [2.24, 2.45) is 0 Å². The summed E-state index contributed by atoms with van der Waals surface area (Å²) in [6, 6.07) is 6.70. The number of hydrogen-bond acceptors (Lipinski definition) is 3. The molecule has 3 N–H and O–H groups in total. The van der Waals surface area contributed by atoms with Gasteiger partial charge in [0.05, 0.1) is 23.4 Å². The second-order valence-corrected chi connectivity index (χ2v) is 5.19. The minimum Gasteiger partial charge on any atom is -0.467 e. The average Bonchev–Trinajstić information content (AvgIpc) is 3.02. The van der Waals surface area contributed by atoms with Gasteiger partial charge in [-0.3, -0.25) is 0 Å². The van der Waals surface area contributed by atoms with Gasteiger partial charge in [-0.2, -0.15) is 0 Å². The molecule has 0 aliphatic carbocycles. The predicted octanol–water partition coefficient (Wildman–Crippen LogP) is 3.17. The van der Waals surface area contributed by atoms with E-state index < -0.39 is 18.0 Å². The molecule has 0 saturated heterocycles. The highest BCUT2D eigenvalue weighted by Crippen LogP contribution is 2.20. The molecule has 0 aliphatic heterocycles. The molecule has 0 spiro atoms. The van der Waals surface area contributed by atoms with Crippen LogP contribution in [-0.4, -0.2) is 17.7 Å². The third kappa shape index (κ3) is 4.22. The van der Waals surface area contributed by atoms with Crippen LogP contribution in [0.3, 0.4) is 0 Å². The molecule has 5 nitrogen and oxygen atoms in total. The van der Waals surface area contributed by atoms with Crippen molar-refractivity contribution in [2.75, 3.05) is 6.54 Å². The monoisotopic (exact) mass is 326 g/mol. The standard InChI is InChI=1S/C15H16ClFN2O3/c1-9(14-3-2-6-22-14)19-15(21)18-8-13(20)10-4-5-11(16)12(17)7-10/h2-7,9,13,20H,8H2,1H3,(H2,18,19,21)/t9-,13-/m1/s1.